The molecular weight excluding hydrogens is 546 g/mol. The van der Waals surface area contributed by atoms with E-state index in [-0.39, 0.29) is 18.1 Å². The first-order valence-corrected chi connectivity index (χ1v) is 17.0. The summed E-state index contributed by atoms with van der Waals surface area (Å²) in [6, 6.07) is 28.7. The number of para-hydroxylation sites is 1. The van der Waals surface area contributed by atoms with Gasteiger partial charge >= 0.3 is 0 Å². The maximum atomic E-state index is 14.5. The number of carbonyl (C=O) groups excluding carboxylic acids is 1. The molecule has 3 aromatic rings. The lowest BCUT2D eigenvalue weighted by molar-refractivity contribution is -0.162. The van der Waals surface area contributed by atoms with Crippen molar-refractivity contribution in [3.63, 3.8) is 0 Å². The molecule has 4 aliphatic rings. The minimum absolute atomic E-state index is 0.0283. The molecule has 3 heterocycles. The molecule has 3 aliphatic heterocycles. The molecule has 3 aromatic carbocycles. The summed E-state index contributed by atoms with van der Waals surface area (Å²) in [6.45, 7) is 5.97. The molecule has 4 atom stereocenters. The SMILES string of the molecule is O=C([C@H]1CNCC[C@@H]1c1cccc(-c2ccccc2)c1)N(CC1CN(CCCOC2CCCCO2)c2ccccc21)C1CC1. The zero-order valence-corrected chi connectivity index (χ0v) is 25.9. The van der Waals surface area contributed by atoms with Crippen molar-refractivity contribution in [2.75, 3.05) is 50.8 Å². The molecule has 0 bridgehead atoms. The van der Waals surface area contributed by atoms with Crippen molar-refractivity contribution < 1.29 is 14.3 Å². The van der Waals surface area contributed by atoms with E-state index in [0.717, 1.165) is 84.5 Å². The molecule has 1 saturated carbocycles. The van der Waals surface area contributed by atoms with E-state index in [1.807, 2.05) is 0 Å². The van der Waals surface area contributed by atoms with E-state index in [1.165, 1.54) is 34.4 Å². The Balaban J connectivity index is 1.04. The predicted molar refractivity (Wildman–Crippen MR) is 176 cm³/mol. The monoisotopic (exact) mass is 593 g/mol. The number of nitrogens with zero attached hydrogens (tertiary/aromatic N) is 2. The summed E-state index contributed by atoms with van der Waals surface area (Å²) < 4.78 is 11.8. The van der Waals surface area contributed by atoms with Gasteiger partial charge in [0.1, 0.15) is 0 Å². The summed E-state index contributed by atoms with van der Waals surface area (Å²) in [7, 11) is 0. The second-order valence-corrected chi connectivity index (χ2v) is 13.1. The summed E-state index contributed by atoms with van der Waals surface area (Å²) in [5, 5.41) is 3.57. The Bertz CT molecular complexity index is 1390. The minimum Gasteiger partial charge on any atom is -0.371 e. The molecule has 2 unspecified atom stereocenters. The first-order valence-electron chi connectivity index (χ1n) is 17.0. The first kappa shape index (κ1) is 29.5. The largest absolute Gasteiger partial charge is 0.371 e. The molecule has 0 spiro atoms. The summed E-state index contributed by atoms with van der Waals surface area (Å²) >= 11 is 0. The normalized spacial score (nSPS) is 25.0. The fourth-order valence-electron chi connectivity index (χ4n) is 7.62. The number of benzene rings is 3. The van der Waals surface area contributed by atoms with Crippen LogP contribution in [0.2, 0.25) is 0 Å². The third-order valence-corrected chi connectivity index (χ3v) is 10.1. The van der Waals surface area contributed by atoms with Gasteiger partial charge in [0.2, 0.25) is 5.91 Å². The van der Waals surface area contributed by atoms with Crippen LogP contribution in [-0.4, -0.2) is 69.1 Å². The number of nitrogens with one attached hydrogen (secondary N) is 1. The van der Waals surface area contributed by atoms with Gasteiger partial charge in [0.05, 0.1) is 12.5 Å². The standard InChI is InChI=1S/C38H47N3O3/c42-38(35-25-39-20-19-33(35)30-13-8-12-29(24-30)28-10-2-1-3-11-28)41(32-17-18-32)27-31-26-40(36-15-5-4-14-34(31)36)21-9-23-44-37-16-6-7-22-43-37/h1-5,8,10-15,24,31-33,35,37,39H,6-7,9,16-23,25-27H2/t31?,33-,35+,37?/m1/s1. The number of rotatable bonds is 11. The quantitative estimate of drug-likeness (QED) is 0.255. The van der Waals surface area contributed by atoms with E-state index in [9.17, 15) is 4.79 Å². The number of hydrogen-bond donors (Lipinski definition) is 1. The Hall–Kier alpha value is -3.19. The van der Waals surface area contributed by atoms with Crippen LogP contribution in [0.5, 0.6) is 0 Å². The molecule has 1 amide bonds. The van der Waals surface area contributed by atoms with Crippen molar-refractivity contribution >= 4 is 11.6 Å². The number of piperidine rings is 1. The fraction of sp³-hybridized carbons (Fsp3) is 0.500. The number of amides is 1. The van der Waals surface area contributed by atoms with E-state index in [4.69, 9.17) is 9.47 Å². The lowest BCUT2D eigenvalue weighted by Gasteiger charge is -2.37. The highest BCUT2D eigenvalue weighted by Gasteiger charge is 2.42. The van der Waals surface area contributed by atoms with Crippen molar-refractivity contribution in [1.29, 1.82) is 0 Å². The van der Waals surface area contributed by atoms with Gasteiger partial charge in [0.15, 0.2) is 6.29 Å². The van der Waals surface area contributed by atoms with Crippen LogP contribution in [0.15, 0.2) is 78.9 Å². The van der Waals surface area contributed by atoms with Crippen LogP contribution in [0.3, 0.4) is 0 Å². The average Bonchev–Trinajstić information content (AvgIpc) is 3.88. The average molecular weight is 594 g/mol. The summed E-state index contributed by atoms with van der Waals surface area (Å²) in [5.41, 5.74) is 6.45. The van der Waals surface area contributed by atoms with Gasteiger partial charge in [-0.3, -0.25) is 4.79 Å². The fourth-order valence-corrected chi connectivity index (χ4v) is 7.62. The van der Waals surface area contributed by atoms with Crippen LogP contribution in [-0.2, 0) is 14.3 Å². The van der Waals surface area contributed by atoms with Gasteiger partial charge in [-0.05, 0) is 85.7 Å². The van der Waals surface area contributed by atoms with E-state index in [1.54, 1.807) is 0 Å². The van der Waals surface area contributed by atoms with E-state index in [0.29, 0.717) is 17.9 Å². The van der Waals surface area contributed by atoms with Gasteiger partial charge < -0.3 is 24.6 Å². The van der Waals surface area contributed by atoms with Gasteiger partial charge in [0.25, 0.3) is 0 Å². The van der Waals surface area contributed by atoms with Crippen molar-refractivity contribution in [3.05, 3.63) is 90.0 Å². The number of fused-ring (bicyclic) bond motifs is 1. The summed E-state index contributed by atoms with van der Waals surface area (Å²) in [6.07, 6.45) is 7.53. The molecule has 6 heteroatoms. The molecule has 44 heavy (non-hydrogen) atoms. The highest BCUT2D eigenvalue weighted by Crippen LogP contribution is 2.41. The molecule has 7 rings (SSSR count). The zero-order chi connectivity index (χ0) is 29.7. The zero-order valence-electron chi connectivity index (χ0n) is 25.9. The smallest absolute Gasteiger partial charge is 0.227 e. The van der Waals surface area contributed by atoms with E-state index in [2.05, 4.69) is 94.0 Å². The van der Waals surface area contributed by atoms with Gasteiger partial charge in [0, 0.05) is 50.4 Å². The van der Waals surface area contributed by atoms with Gasteiger partial charge in [-0.1, -0.05) is 72.8 Å². The lowest BCUT2D eigenvalue weighted by atomic mass is 9.79. The molecule has 6 nitrogen and oxygen atoms in total. The van der Waals surface area contributed by atoms with Crippen molar-refractivity contribution in [3.8, 4) is 11.1 Å². The number of hydrogen-bond acceptors (Lipinski definition) is 5. The van der Waals surface area contributed by atoms with Crippen molar-refractivity contribution in [2.45, 2.75) is 69.1 Å². The maximum absolute atomic E-state index is 14.5. The van der Waals surface area contributed by atoms with Crippen LogP contribution in [0.25, 0.3) is 11.1 Å². The minimum atomic E-state index is -0.0396. The Morgan fingerprint density at radius 2 is 1.77 bits per heavy atom. The predicted octanol–water partition coefficient (Wildman–Crippen LogP) is 6.57. The molecule has 1 aliphatic carbocycles. The Morgan fingerprint density at radius 3 is 2.61 bits per heavy atom. The van der Waals surface area contributed by atoms with Crippen LogP contribution in [0, 0.1) is 5.92 Å². The number of anilines is 1. The Morgan fingerprint density at radius 1 is 0.932 bits per heavy atom. The van der Waals surface area contributed by atoms with Gasteiger partial charge in [-0.2, -0.15) is 0 Å². The highest BCUT2D eigenvalue weighted by molar-refractivity contribution is 5.81. The van der Waals surface area contributed by atoms with Gasteiger partial charge in [-0.25, -0.2) is 0 Å². The van der Waals surface area contributed by atoms with Crippen molar-refractivity contribution in [1.82, 2.24) is 10.2 Å². The molecule has 232 valence electrons. The maximum Gasteiger partial charge on any atom is 0.227 e. The van der Waals surface area contributed by atoms with Crippen LogP contribution in [0.4, 0.5) is 5.69 Å². The van der Waals surface area contributed by atoms with E-state index >= 15 is 0 Å². The first-order chi connectivity index (χ1) is 21.7. The van der Waals surface area contributed by atoms with Crippen LogP contribution in [0.1, 0.15) is 67.9 Å². The molecule has 0 radical (unpaired) electrons. The summed E-state index contributed by atoms with van der Waals surface area (Å²) in [5.74, 6) is 0.859. The number of carbonyl (C=O) groups is 1. The molecule has 1 N–H and O–H groups in total. The highest BCUT2D eigenvalue weighted by atomic mass is 16.7. The second-order valence-electron chi connectivity index (χ2n) is 13.1. The molecule has 3 fully saturated rings. The van der Waals surface area contributed by atoms with Crippen LogP contribution < -0.4 is 10.2 Å². The summed E-state index contributed by atoms with van der Waals surface area (Å²) in [4.78, 5) is 19.3. The van der Waals surface area contributed by atoms with Crippen LogP contribution >= 0.6 is 0 Å². The van der Waals surface area contributed by atoms with E-state index < -0.39 is 0 Å². The second kappa shape index (κ2) is 13.8. The third-order valence-electron chi connectivity index (χ3n) is 10.1. The molecular formula is C38H47N3O3. The lowest BCUT2D eigenvalue weighted by Crippen LogP contribution is -2.48. The molecule has 0 aromatic heterocycles. The topological polar surface area (TPSA) is 54.0 Å². The molecule has 2 saturated heterocycles. The number of ether oxygens (including phenoxy) is 2. The Labute approximate surface area is 262 Å². The third kappa shape index (κ3) is 6.73. The Kier molecular flexibility index (Phi) is 9.29. The van der Waals surface area contributed by atoms with Gasteiger partial charge in [-0.15, -0.1) is 0 Å². The van der Waals surface area contributed by atoms with Crippen molar-refractivity contribution in [2.24, 2.45) is 5.92 Å².